The number of nitrogens with zero attached hydrogens (tertiary/aromatic N) is 1. The van der Waals surface area contributed by atoms with Crippen molar-refractivity contribution in [2.24, 2.45) is 11.1 Å². The van der Waals surface area contributed by atoms with Crippen molar-refractivity contribution in [3.63, 3.8) is 0 Å². The molecule has 1 rings (SSSR count). The Morgan fingerprint density at radius 1 is 1.11 bits per heavy atom. The van der Waals surface area contributed by atoms with Crippen LogP contribution in [0.25, 0.3) is 0 Å². The first kappa shape index (κ1) is 19.8. The Kier molecular flexibility index (Phi) is 11.5. The summed E-state index contributed by atoms with van der Waals surface area (Å²) in [6.07, 6.45) is 3.31. The zero-order chi connectivity index (χ0) is 14.8. The third kappa shape index (κ3) is 9.52. The maximum atomic E-state index is 5.87. The van der Waals surface area contributed by atoms with E-state index in [1.54, 1.807) is 0 Å². The van der Waals surface area contributed by atoms with Gasteiger partial charge >= 0.3 is 0 Å². The van der Waals surface area contributed by atoms with E-state index in [9.17, 15) is 0 Å². The summed E-state index contributed by atoms with van der Waals surface area (Å²) in [5.41, 5.74) is 7.49. The van der Waals surface area contributed by atoms with Crippen molar-refractivity contribution in [2.75, 3.05) is 13.1 Å². The minimum atomic E-state index is 0.344. The summed E-state index contributed by atoms with van der Waals surface area (Å²) in [6.45, 7) is 21.1. The molecule has 0 aromatic heterocycles. The van der Waals surface area contributed by atoms with E-state index >= 15 is 0 Å². The Labute approximate surface area is 116 Å². The van der Waals surface area contributed by atoms with Crippen molar-refractivity contribution in [3.8, 4) is 0 Å². The van der Waals surface area contributed by atoms with Gasteiger partial charge in [0.2, 0.25) is 0 Å². The van der Waals surface area contributed by atoms with Gasteiger partial charge in [-0.25, -0.2) is 0 Å². The van der Waals surface area contributed by atoms with Crippen LogP contribution in [0, 0.1) is 5.41 Å². The fourth-order valence-corrected chi connectivity index (χ4v) is 1.94. The predicted octanol–water partition coefficient (Wildman–Crippen LogP) is 4.41. The second-order valence-corrected chi connectivity index (χ2v) is 5.63. The van der Waals surface area contributed by atoms with Crippen molar-refractivity contribution in [1.82, 2.24) is 4.90 Å². The number of nitrogens with two attached hydrogens (primary N) is 1. The highest BCUT2D eigenvalue weighted by atomic mass is 15.1. The van der Waals surface area contributed by atoms with Crippen LogP contribution in [0.15, 0.2) is 12.3 Å². The van der Waals surface area contributed by atoms with Gasteiger partial charge in [0.15, 0.2) is 0 Å². The minimum Gasteiger partial charge on any atom is -0.375 e. The molecule has 0 aliphatic carbocycles. The quantitative estimate of drug-likeness (QED) is 0.793. The zero-order valence-electron chi connectivity index (χ0n) is 13.8. The lowest BCUT2D eigenvalue weighted by atomic mass is 9.90. The highest BCUT2D eigenvalue weighted by Gasteiger charge is 2.20. The average molecular weight is 256 g/mol. The largest absolute Gasteiger partial charge is 0.375 e. The van der Waals surface area contributed by atoms with E-state index in [2.05, 4.69) is 32.3 Å². The first-order chi connectivity index (χ1) is 8.38. The summed E-state index contributed by atoms with van der Waals surface area (Å²) < 4.78 is 0. The highest BCUT2D eigenvalue weighted by molar-refractivity contribution is 4.99. The molecule has 0 radical (unpaired) electrons. The van der Waals surface area contributed by atoms with Crippen molar-refractivity contribution in [2.45, 2.75) is 73.8 Å². The molecule has 1 fully saturated rings. The van der Waals surface area contributed by atoms with Gasteiger partial charge in [0.25, 0.3) is 0 Å². The first-order valence-electron chi connectivity index (χ1n) is 7.57. The molecule has 2 N–H and O–H groups in total. The normalized spacial score (nSPS) is 16.1. The van der Waals surface area contributed by atoms with Gasteiger partial charge in [-0.3, -0.25) is 0 Å². The van der Waals surface area contributed by atoms with Gasteiger partial charge in [-0.15, -0.1) is 0 Å². The fourth-order valence-electron chi connectivity index (χ4n) is 1.94. The molecule has 0 unspecified atom stereocenters. The van der Waals surface area contributed by atoms with E-state index in [1.807, 2.05) is 27.7 Å². The van der Waals surface area contributed by atoms with Crippen LogP contribution in [0.5, 0.6) is 0 Å². The van der Waals surface area contributed by atoms with Gasteiger partial charge in [0.05, 0.1) is 0 Å². The number of allylic oxidation sites excluding steroid dienone is 1. The fraction of sp³-hybridized carbons (Fsp3) is 0.875. The van der Waals surface area contributed by atoms with Gasteiger partial charge < -0.3 is 10.6 Å². The maximum absolute atomic E-state index is 5.87. The minimum absolute atomic E-state index is 0.344. The number of hydrogen-bond acceptors (Lipinski definition) is 2. The van der Waals surface area contributed by atoms with E-state index in [1.165, 1.54) is 5.70 Å². The summed E-state index contributed by atoms with van der Waals surface area (Å²) in [5, 5.41) is 0. The van der Waals surface area contributed by atoms with Gasteiger partial charge in [0.1, 0.15) is 0 Å². The molecule has 2 nitrogen and oxygen atoms in total. The number of rotatable bonds is 2. The standard InChI is InChI=1S/C12H24N2.2C2H6/c1-10(9-12(2,3)4)14-7-5-11(13)6-8-14;2*1-2/h11H,1,5-9,13H2,2-4H3;2*1-2H3. The Morgan fingerprint density at radius 3 is 1.83 bits per heavy atom. The number of likely N-dealkylation sites (tertiary alicyclic amines) is 1. The molecule has 2 heteroatoms. The Balaban J connectivity index is 0. The molecule has 110 valence electrons. The van der Waals surface area contributed by atoms with Gasteiger partial charge in [-0.1, -0.05) is 55.0 Å². The molecule has 0 atom stereocenters. The second kappa shape index (κ2) is 10.4. The van der Waals surface area contributed by atoms with Crippen LogP contribution in [0.2, 0.25) is 0 Å². The molecule has 18 heavy (non-hydrogen) atoms. The van der Waals surface area contributed by atoms with E-state index in [0.29, 0.717) is 11.5 Å². The van der Waals surface area contributed by atoms with Crippen LogP contribution < -0.4 is 5.73 Å². The molecule has 1 heterocycles. The molecule has 0 aromatic carbocycles. The lowest BCUT2D eigenvalue weighted by Crippen LogP contribution is -2.39. The van der Waals surface area contributed by atoms with E-state index < -0.39 is 0 Å². The van der Waals surface area contributed by atoms with Crippen LogP contribution in [0.4, 0.5) is 0 Å². The van der Waals surface area contributed by atoms with Gasteiger partial charge in [-0.2, -0.15) is 0 Å². The maximum Gasteiger partial charge on any atom is 0.0189 e. The number of piperidine rings is 1. The van der Waals surface area contributed by atoms with Crippen molar-refractivity contribution >= 4 is 0 Å². The van der Waals surface area contributed by atoms with Gasteiger partial charge in [0, 0.05) is 24.8 Å². The SMILES string of the molecule is C=C(CC(C)(C)C)N1CCC(N)CC1.CC.CC. The van der Waals surface area contributed by atoms with E-state index in [0.717, 1.165) is 32.4 Å². The molecule has 0 spiro atoms. The topological polar surface area (TPSA) is 29.3 Å². The van der Waals surface area contributed by atoms with E-state index in [-0.39, 0.29) is 0 Å². The second-order valence-electron chi connectivity index (χ2n) is 5.63. The molecule has 1 aliphatic rings. The summed E-state index contributed by atoms with van der Waals surface area (Å²) in [6, 6.07) is 0.411. The molecule has 1 aliphatic heterocycles. The Bertz CT molecular complexity index is 196. The molecule has 0 aromatic rings. The summed E-state index contributed by atoms with van der Waals surface area (Å²) in [7, 11) is 0. The number of hydrogen-bond donors (Lipinski definition) is 1. The van der Waals surface area contributed by atoms with Crippen molar-refractivity contribution < 1.29 is 0 Å². The molecular formula is C16H36N2. The third-order valence-electron chi connectivity index (χ3n) is 2.72. The summed E-state index contributed by atoms with van der Waals surface area (Å²) in [4.78, 5) is 2.40. The Morgan fingerprint density at radius 2 is 1.50 bits per heavy atom. The van der Waals surface area contributed by atoms with Crippen LogP contribution in [0.3, 0.4) is 0 Å². The third-order valence-corrected chi connectivity index (χ3v) is 2.72. The van der Waals surface area contributed by atoms with Crippen LogP contribution in [0.1, 0.15) is 67.7 Å². The van der Waals surface area contributed by atoms with Crippen LogP contribution in [-0.2, 0) is 0 Å². The average Bonchev–Trinajstić information content (AvgIpc) is 2.33. The highest BCUT2D eigenvalue weighted by Crippen LogP contribution is 2.26. The van der Waals surface area contributed by atoms with Crippen LogP contribution >= 0.6 is 0 Å². The zero-order valence-corrected chi connectivity index (χ0v) is 13.8. The molecule has 1 saturated heterocycles. The monoisotopic (exact) mass is 256 g/mol. The molecule has 0 saturated carbocycles. The summed E-state index contributed by atoms with van der Waals surface area (Å²) >= 11 is 0. The smallest absolute Gasteiger partial charge is 0.0189 e. The van der Waals surface area contributed by atoms with Crippen molar-refractivity contribution in [3.05, 3.63) is 12.3 Å². The lowest BCUT2D eigenvalue weighted by Gasteiger charge is -2.35. The van der Waals surface area contributed by atoms with Gasteiger partial charge in [-0.05, 0) is 24.7 Å². The molecule has 0 bridgehead atoms. The van der Waals surface area contributed by atoms with E-state index in [4.69, 9.17) is 5.73 Å². The van der Waals surface area contributed by atoms with Crippen LogP contribution in [-0.4, -0.2) is 24.0 Å². The Hall–Kier alpha value is -0.500. The summed E-state index contributed by atoms with van der Waals surface area (Å²) in [5.74, 6) is 0. The first-order valence-corrected chi connectivity index (χ1v) is 7.57. The molecular weight excluding hydrogens is 220 g/mol. The lowest BCUT2D eigenvalue weighted by molar-refractivity contribution is 0.237. The van der Waals surface area contributed by atoms with Crippen molar-refractivity contribution in [1.29, 1.82) is 0 Å². The molecule has 0 amide bonds. The predicted molar refractivity (Wildman–Crippen MR) is 84.7 cm³/mol.